The highest BCUT2D eigenvalue weighted by atomic mass is 16.7. The molecule has 0 radical (unpaired) electrons. The van der Waals surface area contributed by atoms with Gasteiger partial charge in [0.2, 0.25) is 12.5 Å². The lowest BCUT2D eigenvalue weighted by molar-refractivity contribution is -0.112. The quantitative estimate of drug-likeness (QED) is 0.462. The number of anilines is 1. The van der Waals surface area contributed by atoms with E-state index in [9.17, 15) is 10.1 Å². The maximum absolute atomic E-state index is 12.8. The van der Waals surface area contributed by atoms with Crippen LogP contribution in [0, 0.1) is 11.3 Å². The zero-order valence-corrected chi connectivity index (χ0v) is 16.6. The van der Waals surface area contributed by atoms with E-state index in [0.29, 0.717) is 40.0 Å². The van der Waals surface area contributed by atoms with Crippen molar-refractivity contribution in [2.75, 3.05) is 19.2 Å². The van der Waals surface area contributed by atoms with Crippen LogP contribution in [0.5, 0.6) is 28.7 Å². The largest absolute Gasteiger partial charge is 0.493 e. The van der Waals surface area contributed by atoms with Crippen LogP contribution in [0.1, 0.15) is 5.56 Å². The maximum Gasteiger partial charge on any atom is 0.266 e. The van der Waals surface area contributed by atoms with Crippen molar-refractivity contribution in [3.05, 3.63) is 77.9 Å². The van der Waals surface area contributed by atoms with Gasteiger partial charge in [0.15, 0.2) is 17.2 Å². The fraction of sp³-hybridized carbons (Fsp3) is 0.0833. The highest BCUT2D eigenvalue weighted by Gasteiger charge is 2.20. The van der Waals surface area contributed by atoms with Crippen LogP contribution in [0.25, 0.3) is 6.08 Å². The number of nitriles is 1. The molecule has 0 saturated carbocycles. The number of nitrogens with zero attached hydrogens (tertiary/aromatic N) is 1. The molecule has 154 valence electrons. The molecular formula is C24H18N2O5. The van der Waals surface area contributed by atoms with Gasteiger partial charge >= 0.3 is 0 Å². The summed E-state index contributed by atoms with van der Waals surface area (Å²) in [4.78, 5) is 12.8. The second-order valence-electron chi connectivity index (χ2n) is 6.49. The van der Waals surface area contributed by atoms with Crippen LogP contribution in [0.2, 0.25) is 0 Å². The Kier molecular flexibility index (Phi) is 5.72. The minimum Gasteiger partial charge on any atom is -0.493 e. The number of methoxy groups -OCH3 is 1. The number of ether oxygens (including phenoxy) is 4. The second-order valence-corrected chi connectivity index (χ2v) is 6.49. The van der Waals surface area contributed by atoms with Gasteiger partial charge in [0.05, 0.1) is 12.8 Å². The summed E-state index contributed by atoms with van der Waals surface area (Å²) in [5, 5.41) is 12.3. The molecule has 4 rings (SSSR count). The third-order valence-electron chi connectivity index (χ3n) is 4.46. The first-order valence-electron chi connectivity index (χ1n) is 9.40. The summed E-state index contributed by atoms with van der Waals surface area (Å²) in [5.41, 5.74) is 0.929. The van der Waals surface area contributed by atoms with Gasteiger partial charge in [-0.2, -0.15) is 5.26 Å². The summed E-state index contributed by atoms with van der Waals surface area (Å²) < 4.78 is 21.9. The van der Waals surface area contributed by atoms with E-state index in [4.69, 9.17) is 18.9 Å². The molecule has 7 heteroatoms. The van der Waals surface area contributed by atoms with Crippen LogP contribution in [0.4, 0.5) is 5.69 Å². The molecule has 0 bridgehead atoms. The first kappa shape index (κ1) is 19.9. The van der Waals surface area contributed by atoms with Gasteiger partial charge in [-0.25, -0.2) is 0 Å². The van der Waals surface area contributed by atoms with Crippen LogP contribution < -0.4 is 24.3 Å². The summed E-state index contributed by atoms with van der Waals surface area (Å²) in [6, 6.07) is 21.5. The van der Waals surface area contributed by atoms with E-state index in [0.717, 1.165) is 0 Å². The van der Waals surface area contributed by atoms with Crippen molar-refractivity contribution in [1.82, 2.24) is 0 Å². The number of carbonyl (C=O) groups excluding carboxylic acids is 1. The Morgan fingerprint density at radius 1 is 1.06 bits per heavy atom. The van der Waals surface area contributed by atoms with Crippen LogP contribution >= 0.6 is 0 Å². The third-order valence-corrected chi connectivity index (χ3v) is 4.46. The van der Waals surface area contributed by atoms with E-state index in [1.54, 1.807) is 36.4 Å². The van der Waals surface area contributed by atoms with Crippen LogP contribution in [0.15, 0.2) is 72.3 Å². The van der Waals surface area contributed by atoms with Gasteiger partial charge in [0.25, 0.3) is 5.91 Å². The topological polar surface area (TPSA) is 89.8 Å². The van der Waals surface area contributed by atoms with Crippen LogP contribution in [-0.4, -0.2) is 19.8 Å². The SMILES string of the molecule is COc1cc(/C=C(\C#N)C(=O)Nc2ccccc2Oc2ccccc2)cc2c1OCO2. The second kappa shape index (κ2) is 8.93. The van der Waals surface area contributed by atoms with Crippen molar-refractivity contribution in [2.45, 2.75) is 0 Å². The molecule has 1 amide bonds. The Balaban J connectivity index is 1.58. The summed E-state index contributed by atoms with van der Waals surface area (Å²) in [5.74, 6) is 1.97. The normalized spacial score (nSPS) is 12.1. The van der Waals surface area contributed by atoms with E-state index >= 15 is 0 Å². The molecule has 0 atom stereocenters. The zero-order chi connectivity index (χ0) is 21.6. The van der Waals surface area contributed by atoms with Crippen molar-refractivity contribution in [3.63, 3.8) is 0 Å². The lowest BCUT2D eigenvalue weighted by Crippen LogP contribution is -2.14. The fourth-order valence-electron chi connectivity index (χ4n) is 3.01. The highest BCUT2D eigenvalue weighted by Crippen LogP contribution is 2.42. The van der Waals surface area contributed by atoms with E-state index in [1.807, 2.05) is 36.4 Å². The van der Waals surface area contributed by atoms with Crippen LogP contribution in [0.3, 0.4) is 0 Å². The van der Waals surface area contributed by atoms with Crippen molar-refractivity contribution in [3.8, 4) is 34.8 Å². The number of para-hydroxylation sites is 3. The molecule has 0 aromatic heterocycles. The van der Waals surface area contributed by atoms with Gasteiger partial charge in [-0.1, -0.05) is 30.3 Å². The Morgan fingerprint density at radius 3 is 2.61 bits per heavy atom. The summed E-state index contributed by atoms with van der Waals surface area (Å²) in [7, 11) is 1.51. The number of hydrogen-bond donors (Lipinski definition) is 1. The van der Waals surface area contributed by atoms with Gasteiger partial charge in [0, 0.05) is 0 Å². The summed E-state index contributed by atoms with van der Waals surface area (Å²) in [6.07, 6.45) is 1.46. The molecule has 0 spiro atoms. The fourth-order valence-corrected chi connectivity index (χ4v) is 3.01. The van der Waals surface area contributed by atoms with Crippen LogP contribution in [-0.2, 0) is 4.79 Å². The number of fused-ring (bicyclic) bond motifs is 1. The molecule has 31 heavy (non-hydrogen) atoms. The lowest BCUT2D eigenvalue weighted by Gasteiger charge is -2.12. The number of rotatable bonds is 6. The van der Waals surface area contributed by atoms with Crippen molar-refractivity contribution in [1.29, 1.82) is 5.26 Å². The Hall–Kier alpha value is -4.44. The molecular weight excluding hydrogens is 396 g/mol. The van der Waals surface area contributed by atoms with Crippen molar-refractivity contribution < 1.29 is 23.7 Å². The standard InChI is InChI=1S/C24H18N2O5/c1-28-21-12-16(13-22-23(21)30-15-29-22)11-17(14-25)24(27)26-19-9-5-6-10-20(19)31-18-7-3-2-4-8-18/h2-13H,15H2,1H3,(H,26,27)/b17-11+. The Morgan fingerprint density at radius 2 is 1.84 bits per heavy atom. The smallest absolute Gasteiger partial charge is 0.266 e. The van der Waals surface area contributed by atoms with Gasteiger partial charge in [0.1, 0.15) is 17.4 Å². The minimum atomic E-state index is -0.566. The van der Waals surface area contributed by atoms with E-state index in [2.05, 4.69) is 5.32 Å². The third kappa shape index (κ3) is 4.43. The van der Waals surface area contributed by atoms with Gasteiger partial charge < -0.3 is 24.3 Å². The Labute approximate surface area is 179 Å². The first-order chi connectivity index (χ1) is 15.2. The Bertz CT molecular complexity index is 1180. The summed E-state index contributed by atoms with van der Waals surface area (Å²) in [6.45, 7) is 0.0860. The first-order valence-corrected chi connectivity index (χ1v) is 9.40. The molecule has 1 aliphatic rings. The predicted octanol–water partition coefficient (Wildman–Crippen LogP) is 4.76. The molecule has 1 aliphatic heterocycles. The zero-order valence-electron chi connectivity index (χ0n) is 16.6. The number of benzene rings is 3. The summed E-state index contributed by atoms with van der Waals surface area (Å²) >= 11 is 0. The molecule has 0 saturated heterocycles. The molecule has 3 aromatic carbocycles. The molecule has 0 aliphatic carbocycles. The molecule has 0 unspecified atom stereocenters. The molecule has 3 aromatic rings. The van der Waals surface area contributed by atoms with E-state index < -0.39 is 5.91 Å². The maximum atomic E-state index is 12.8. The highest BCUT2D eigenvalue weighted by molar-refractivity contribution is 6.10. The molecule has 7 nitrogen and oxygen atoms in total. The lowest BCUT2D eigenvalue weighted by atomic mass is 10.1. The number of amides is 1. The van der Waals surface area contributed by atoms with Gasteiger partial charge in [-0.15, -0.1) is 0 Å². The molecule has 1 heterocycles. The average molecular weight is 414 g/mol. The van der Waals surface area contributed by atoms with Gasteiger partial charge in [-0.05, 0) is 48.0 Å². The number of hydrogen-bond acceptors (Lipinski definition) is 6. The predicted molar refractivity (Wildman–Crippen MR) is 114 cm³/mol. The molecule has 0 fully saturated rings. The van der Waals surface area contributed by atoms with E-state index in [1.165, 1.54) is 13.2 Å². The molecule has 1 N–H and O–H groups in total. The number of nitrogens with one attached hydrogen (secondary N) is 1. The van der Waals surface area contributed by atoms with Gasteiger partial charge in [-0.3, -0.25) is 4.79 Å². The monoisotopic (exact) mass is 414 g/mol. The average Bonchev–Trinajstić information content (AvgIpc) is 3.27. The van der Waals surface area contributed by atoms with Crippen molar-refractivity contribution in [2.24, 2.45) is 0 Å². The van der Waals surface area contributed by atoms with E-state index in [-0.39, 0.29) is 12.4 Å². The van der Waals surface area contributed by atoms with Crippen molar-refractivity contribution >= 4 is 17.7 Å². The number of carbonyl (C=O) groups is 1. The minimum absolute atomic E-state index is 0.0860.